The van der Waals surface area contributed by atoms with Gasteiger partial charge in [0.25, 0.3) is 0 Å². The van der Waals surface area contributed by atoms with Gasteiger partial charge >= 0.3 is 0 Å². The number of rotatable bonds is 3. The fraction of sp³-hybridized carbons (Fsp3) is 0.0625. The Bertz CT molecular complexity index is 853. The number of anilines is 1. The van der Waals surface area contributed by atoms with E-state index in [2.05, 4.69) is 20.3 Å². The standard InChI is InChI=1S/C16H13ClN4O2/c1-18-16-20-14(9-2-4-10(17)5-3-9)19-15(21-16)12-7-6-11(22)8-13(12)23/h2-8,22-23H,1H3,(H,18,19,20,21). The van der Waals surface area contributed by atoms with Crippen LogP contribution in [0.5, 0.6) is 11.5 Å². The van der Waals surface area contributed by atoms with Crippen LogP contribution < -0.4 is 5.32 Å². The summed E-state index contributed by atoms with van der Waals surface area (Å²) in [5.74, 6) is 0.968. The maximum atomic E-state index is 10.0. The lowest BCUT2D eigenvalue weighted by atomic mass is 10.1. The van der Waals surface area contributed by atoms with Gasteiger partial charge in [0.15, 0.2) is 11.6 Å². The molecule has 0 amide bonds. The first kappa shape index (κ1) is 15.1. The van der Waals surface area contributed by atoms with Gasteiger partial charge in [-0.25, -0.2) is 4.98 Å². The van der Waals surface area contributed by atoms with Crippen molar-refractivity contribution in [2.45, 2.75) is 0 Å². The highest BCUT2D eigenvalue weighted by Crippen LogP contribution is 2.31. The van der Waals surface area contributed by atoms with Crippen LogP contribution in [-0.2, 0) is 0 Å². The molecule has 0 saturated heterocycles. The fourth-order valence-electron chi connectivity index (χ4n) is 2.05. The van der Waals surface area contributed by atoms with Gasteiger partial charge in [0, 0.05) is 23.7 Å². The number of aromatic nitrogens is 3. The smallest absolute Gasteiger partial charge is 0.226 e. The number of aromatic hydroxyl groups is 2. The molecule has 7 heteroatoms. The van der Waals surface area contributed by atoms with Crippen molar-refractivity contribution in [1.82, 2.24) is 15.0 Å². The van der Waals surface area contributed by atoms with Crippen LogP contribution in [0.3, 0.4) is 0 Å². The number of benzene rings is 2. The Morgan fingerprint density at radius 2 is 1.61 bits per heavy atom. The molecule has 0 unspecified atom stereocenters. The van der Waals surface area contributed by atoms with Crippen LogP contribution >= 0.6 is 11.6 Å². The topological polar surface area (TPSA) is 91.2 Å². The highest BCUT2D eigenvalue weighted by Gasteiger charge is 2.13. The summed E-state index contributed by atoms with van der Waals surface area (Å²) < 4.78 is 0. The summed E-state index contributed by atoms with van der Waals surface area (Å²) in [4.78, 5) is 13.0. The largest absolute Gasteiger partial charge is 0.508 e. The molecule has 3 aromatic rings. The molecule has 0 aliphatic carbocycles. The van der Waals surface area contributed by atoms with E-state index in [4.69, 9.17) is 11.6 Å². The first-order valence-electron chi connectivity index (χ1n) is 6.79. The normalized spacial score (nSPS) is 10.5. The maximum Gasteiger partial charge on any atom is 0.226 e. The Hall–Kier alpha value is -2.86. The van der Waals surface area contributed by atoms with Crippen molar-refractivity contribution >= 4 is 17.5 Å². The zero-order valence-corrected chi connectivity index (χ0v) is 12.9. The molecule has 3 N–H and O–H groups in total. The zero-order chi connectivity index (χ0) is 16.4. The molecular weight excluding hydrogens is 316 g/mol. The van der Waals surface area contributed by atoms with Gasteiger partial charge in [-0.05, 0) is 36.4 Å². The Kier molecular flexibility index (Phi) is 3.99. The van der Waals surface area contributed by atoms with Gasteiger partial charge in [0.2, 0.25) is 5.95 Å². The van der Waals surface area contributed by atoms with Gasteiger partial charge in [-0.2, -0.15) is 9.97 Å². The van der Waals surface area contributed by atoms with Crippen LogP contribution in [0.15, 0.2) is 42.5 Å². The summed E-state index contributed by atoms with van der Waals surface area (Å²) in [6.07, 6.45) is 0. The van der Waals surface area contributed by atoms with Crippen molar-refractivity contribution in [2.75, 3.05) is 12.4 Å². The van der Waals surface area contributed by atoms with E-state index < -0.39 is 0 Å². The average Bonchev–Trinajstić information content (AvgIpc) is 2.55. The van der Waals surface area contributed by atoms with Gasteiger partial charge < -0.3 is 15.5 Å². The molecule has 0 radical (unpaired) electrons. The second kappa shape index (κ2) is 6.10. The van der Waals surface area contributed by atoms with Crippen molar-refractivity contribution in [2.24, 2.45) is 0 Å². The summed E-state index contributed by atoms with van der Waals surface area (Å²) in [6.45, 7) is 0. The third-order valence-corrected chi connectivity index (χ3v) is 3.44. The minimum atomic E-state index is -0.111. The first-order valence-corrected chi connectivity index (χ1v) is 7.17. The average molecular weight is 329 g/mol. The van der Waals surface area contributed by atoms with E-state index in [0.29, 0.717) is 28.2 Å². The summed E-state index contributed by atoms with van der Waals surface area (Å²) in [7, 11) is 1.70. The Morgan fingerprint density at radius 3 is 2.26 bits per heavy atom. The molecule has 6 nitrogen and oxygen atoms in total. The van der Waals surface area contributed by atoms with Gasteiger partial charge in [-0.15, -0.1) is 0 Å². The monoisotopic (exact) mass is 328 g/mol. The van der Waals surface area contributed by atoms with Crippen molar-refractivity contribution in [3.05, 3.63) is 47.5 Å². The van der Waals surface area contributed by atoms with Crippen molar-refractivity contribution in [3.63, 3.8) is 0 Å². The number of nitrogens with zero attached hydrogens (tertiary/aromatic N) is 3. The molecule has 0 bridgehead atoms. The predicted molar refractivity (Wildman–Crippen MR) is 88.6 cm³/mol. The van der Waals surface area contributed by atoms with Crippen LogP contribution in [0.1, 0.15) is 0 Å². The van der Waals surface area contributed by atoms with E-state index in [9.17, 15) is 10.2 Å². The van der Waals surface area contributed by atoms with E-state index in [1.807, 2.05) is 0 Å². The number of hydrogen-bond acceptors (Lipinski definition) is 6. The summed E-state index contributed by atoms with van der Waals surface area (Å²) in [5, 5.41) is 22.9. The minimum Gasteiger partial charge on any atom is -0.508 e. The predicted octanol–water partition coefficient (Wildman–Crippen LogP) is 3.31. The molecule has 0 aliphatic heterocycles. The van der Waals surface area contributed by atoms with Crippen LogP contribution in [0, 0.1) is 0 Å². The Morgan fingerprint density at radius 1 is 0.913 bits per heavy atom. The minimum absolute atomic E-state index is 0.0351. The van der Waals surface area contributed by atoms with Crippen LogP contribution in [0.25, 0.3) is 22.8 Å². The lowest BCUT2D eigenvalue weighted by Crippen LogP contribution is -2.03. The Labute approximate surface area is 137 Å². The Balaban J connectivity index is 2.14. The highest BCUT2D eigenvalue weighted by molar-refractivity contribution is 6.30. The number of nitrogens with one attached hydrogen (secondary N) is 1. The van der Waals surface area contributed by atoms with E-state index in [1.165, 1.54) is 12.1 Å². The molecule has 0 aliphatic rings. The van der Waals surface area contributed by atoms with Gasteiger partial charge in [-0.1, -0.05) is 11.6 Å². The third-order valence-electron chi connectivity index (χ3n) is 3.18. The first-order chi connectivity index (χ1) is 11.1. The SMILES string of the molecule is CNc1nc(-c2ccc(Cl)cc2)nc(-c2ccc(O)cc2O)n1. The molecule has 116 valence electrons. The second-order valence-electron chi connectivity index (χ2n) is 4.76. The molecule has 3 rings (SSSR count). The fourth-order valence-corrected chi connectivity index (χ4v) is 2.17. The molecule has 1 aromatic heterocycles. The van der Waals surface area contributed by atoms with Crippen LogP contribution in [0.2, 0.25) is 5.02 Å². The molecule has 0 saturated carbocycles. The molecule has 23 heavy (non-hydrogen) atoms. The lowest BCUT2D eigenvalue weighted by Gasteiger charge is -2.08. The van der Waals surface area contributed by atoms with Gasteiger partial charge in [0.05, 0.1) is 5.56 Å². The highest BCUT2D eigenvalue weighted by atomic mass is 35.5. The van der Waals surface area contributed by atoms with Crippen molar-refractivity contribution in [3.8, 4) is 34.3 Å². The molecule has 0 spiro atoms. The maximum absolute atomic E-state index is 10.0. The molecule has 2 aromatic carbocycles. The van der Waals surface area contributed by atoms with Crippen LogP contribution in [-0.4, -0.2) is 32.2 Å². The lowest BCUT2D eigenvalue weighted by molar-refractivity contribution is 0.451. The van der Waals surface area contributed by atoms with Crippen LogP contribution in [0.4, 0.5) is 5.95 Å². The van der Waals surface area contributed by atoms with E-state index in [0.717, 1.165) is 5.56 Å². The number of phenolic OH excluding ortho intramolecular Hbond substituents is 2. The second-order valence-corrected chi connectivity index (χ2v) is 5.20. The summed E-state index contributed by atoms with van der Waals surface area (Å²) in [6, 6.07) is 11.3. The number of hydrogen-bond donors (Lipinski definition) is 3. The number of phenols is 2. The third kappa shape index (κ3) is 3.17. The van der Waals surface area contributed by atoms with Gasteiger partial charge in [-0.3, -0.25) is 0 Å². The van der Waals surface area contributed by atoms with Crippen molar-refractivity contribution in [1.29, 1.82) is 0 Å². The van der Waals surface area contributed by atoms with E-state index in [-0.39, 0.29) is 11.5 Å². The summed E-state index contributed by atoms with van der Waals surface area (Å²) >= 11 is 5.90. The molecule has 0 fully saturated rings. The van der Waals surface area contributed by atoms with Crippen molar-refractivity contribution < 1.29 is 10.2 Å². The van der Waals surface area contributed by atoms with E-state index in [1.54, 1.807) is 37.4 Å². The quantitative estimate of drug-likeness (QED) is 0.683. The number of halogens is 1. The zero-order valence-electron chi connectivity index (χ0n) is 12.2. The van der Waals surface area contributed by atoms with Gasteiger partial charge in [0.1, 0.15) is 11.5 Å². The summed E-state index contributed by atoms with van der Waals surface area (Å²) in [5.41, 5.74) is 1.17. The molecule has 0 atom stereocenters. The van der Waals surface area contributed by atoms with E-state index >= 15 is 0 Å². The molecular formula is C16H13ClN4O2. The molecule has 1 heterocycles.